The Morgan fingerprint density at radius 2 is 1.57 bits per heavy atom. The van der Waals surface area contributed by atoms with Gasteiger partial charge in [-0.2, -0.15) is 0 Å². The molecule has 0 atom stereocenters. The van der Waals surface area contributed by atoms with Crippen LogP contribution in [0.5, 0.6) is 0 Å². The zero-order valence-corrected chi connectivity index (χ0v) is 22.3. The van der Waals surface area contributed by atoms with Gasteiger partial charge in [0, 0.05) is 55.9 Å². The van der Waals surface area contributed by atoms with Crippen LogP contribution in [0.4, 0.5) is 27.1 Å². The van der Waals surface area contributed by atoms with Crippen LogP contribution in [-0.4, -0.2) is 74.1 Å². The summed E-state index contributed by atoms with van der Waals surface area (Å²) in [6, 6.07) is 15.4. The number of rotatable bonds is 6. The van der Waals surface area contributed by atoms with E-state index >= 15 is 0 Å². The van der Waals surface area contributed by atoms with Gasteiger partial charge in [0.1, 0.15) is 11.5 Å². The number of anilines is 3. The molecule has 10 nitrogen and oxygen atoms in total. The van der Waals surface area contributed by atoms with E-state index in [-0.39, 0.29) is 22.7 Å². The minimum Gasteiger partial charge on any atom is -0.378 e. The summed E-state index contributed by atoms with van der Waals surface area (Å²) in [4.78, 5) is 42.9. The van der Waals surface area contributed by atoms with Gasteiger partial charge in [-0.1, -0.05) is 23.7 Å². The molecule has 0 bridgehead atoms. The van der Waals surface area contributed by atoms with Gasteiger partial charge >= 0.3 is 0 Å². The van der Waals surface area contributed by atoms with Crippen molar-refractivity contribution in [1.82, 2.24) is 4.90 Å². The summed E-state index contributed by atoms with van der Waals surface area (Å²) >= 11 is 6.24. The number of ether oxygens (including phenoxy) is 1. The van der Waals surface area contributed by atoms with Crippen molar-refractivity contribution >= 4 is 46.2 Å². The number of nitrogens with zero attached hydrogens (tertiary/aromatic N) is 4. The van der Waals surface area contributed by atoms with Crippen molar-refractivity contribution in [2.24, 2.45) is 0 Å². The first-order chi connectivity index (χ1) is 19.3. The van der Waals surface area contributed by atoms with Crippen LogP contribution in [0.3, 0.4) is 0 Å². The molecule has 3 aromatic rings. The zero-order valence-electron chi connectivity index (χ0n) is 21.5. The molecule has 2 heterocycles. The lowest BCUT2D eigenvalue weighted by Crippen LogP contribution is -2.49. The fourth-order valence-electron chi connectivity index (χ4n) is 4.92. The molecule has 0 aromatic heterocycles. The van der Waals surface area contributed by atoms with Crippen LogP contribution >= 0.6 is 11.6 Å². The number of carbonyl (C=O) groups is 2. The van der Waals surface area contributed by atoms with Gasteiger partial charge in [-0.15, -0.1) is 0 Å². The molecular formula is C28H27ClFN5O5. The van der Waals surface area contributed by atoms with Crippen LogP contribution in [0.2, 0.25) is 5.02 Å². The van der Waals surface area contributed by atoms with E-state index in [2.05, 4.69) is 5.32 Å². The predicted octanol–water partition coefficient (Wildman–Crippen LogP) is 4.44. The van der Waals surface area contributed by atoms with Gasteiger partial charge in [0.25, 0.3) is 17.5 Å². The average Bonchev–Trinajstić information content (AvgIpc) is 2.97. The van der Waals surface area contributed by atoms with Gasteiger partial charge in [-0.05, 0) is 42.5 Å². The van der Waals surface area contributed by atoms with Crippen molar-refractivity contribution in [3.8, 4) is 0 Å². The van der Waals surface area contributed by atoms with E-state index in [0.29, 0.717) is 74.6 Å². The highest BCUT2D eigenvalue weighted by Gasteiger charge is 2.27. The van der Waals surface area contributed by atoms with Gasteiger partial charge in [0.2, 0.25) is 0 Å². The van der Waals surface area contributed by atoms with E-state index in [4.69, 9.17) is 16.3 Å². The Labute approximate surface area is 235 Å². The number of nitrogens with one attached hydrogen (secondary N) is 1. The smallest absolute Gasteiger partial charge is 0.293 e. The third-order valence-corrected chi connectivity index (χ3v) is 7.24. The van der Waals surface area contributed by atoms with Crippen LogP contribution in [0.15, 0.2) is 60.7 Å². The number of benzene rings is 3. The van der Waals surface area contributed by atoms with Crippen molar-refractivity contribution in [2.75, 3.05) is 67.6 Å². The number of morpholine rings is 1. The highest BCUT2D eigenvalue weighted by atomic mass is 35.5. The molecule has 208 valence electrons. The van der Waals surface area contributed by atoms with E-state index in [9.17, 15) is 24.1 Å². The van der Waals surface area contributed by atoms with Crippen molar-refractivity contribution in [3.63, 3.8) is 0 Å². The SMILES string of the molecule is O=C(Nc1cc(Cl)ccc1N1CCN(C(=O)c2ccccc2F)CC1)c1ccc(N2CCOCC2)c([N+](=O)[O-])c1. The minimum atomic E-state index is -0.559. The number of hydrogen-bond donors (Lipinski definition) is 1. The molecule has 5 rings (SSSR count). The van der Waals surface area contributed by atoms with E-state index in [0.717, 1.165) is 0 Å². The average molecular weight is 568 g/mol. The number of halogens is 2. The molecule has 1 N–H and O–H groups in total. The summed E-state index contributed by atoms with van der Waals surface area (Å²) in [5, 5.41) is 15.1. The topological polar surface area (TPSA) is 108 Å². The number of carbonyl (C=O) groups excluding carboxylic acids is 2. The molecule has 12 heteroatoms. The molecule has 0 spiro atoms. The van der Waals surface area contributed by atoms with E-state index < -0.39 is 16.6 Å². The Morgan fingerprint density at radius 3 is 2.27 bits per heavy atom. The lowest BCUT2D eigenvalue weighted by molar-refractivity contribution is -0.384. The predicted molar refractivity (Wildman–Crippen MR) is 150 cm³/mol. The summed E-state index contributed by atoms with van der Waals surface area (Å²) in [5.74, 6) is -1.45. The van der Waals surface area contributed by atoms with Gasteiger partial charge < -0.3 is 24.8 Å². The van der Waals surface area contributed by atoms with Crippen molar-refractivity contribution in [1.29, 1.82) is 0 Å². The van der Waals surface area contributed by atoms with Gasteiger partial charge in [-0.25, -0.2) is 4.39 Å². The molecule has 2 amide bonds. The van der Waals surface area contributed by atoms with Crippen LogP contribution < -0.4 is 15.1 Å². The van der Waals surface area contributed by atoms with E-state index in [1.807, 2.05) is 9.80 Å². The highest BCUT2D eigenvalue weighted by Crippen LogP contribution is 2.33. The van der Waals surface area contributed by atoms with Gasteiger partial charge in [0.05, 0.1) is 35.1 Å². The van der Waals surface area contributed by atoms with Crippen LogP contribution in [0.25, 0.3) is 0 Å². The Morgan fingerprint density at radius 1 is 0.900 bits per heavy atom. The standard InChI is InChI=1S/C28H27ClFN5O5/c29-20-6-8-24(32-9-11-34(12-10-32)28(37)21-3-1-2-4-22(21)30)23(18-20)31-27(36)19-5-7-25(26(17-19)35(38)39)33-13-15-40-16-14-33/h1-8,17-18H,9-16H2,(H,31,36). The number of piperazine rings is 1. The molecule has 3 aromatic carbocycles. The summed E-state index contributed by atoms with van der Waals surface area (Å²) < 4.78 is 19.5. The van der Waals surface area contributed by atoms with Crippen LogP contribution in [0, 0.1) is 15.9 Å². The second kappa shape index (κ2) is 11.9. The Balaban J connectivity index is 1.31. The minimum absolute atomic E-state index is 0.0316. The molecule has 2 aliphatic rings. The molecule has 0 aliphatic carbocycles. The molecule has 2 saturated heterocycles. The van der Waals surface area contributed by atoms with E-state index in [1.54, 1.807) is 41.3 Å². The maximum Gasteiger partial charge on any atom is 0.293 e. The Hall–Kier alpha value is -4.22. The fourth-order valence-corrected chi connectivity index (χ4v) is 5.09. The second-order valence-corrected chi connectivity index (χ2v) is 9.87. The molecule has 2 aliphatic heterocycles. The molecule has 0 unspecified atom stereocenters. The summed E-state index contributed by atoms with van der Waals surface area (Å²) in [7, 11) is 0. The quantitative estimate of drug-likeness (QED) is 0.346. The number of hydrogen-bond acceptors (Lipinski definition) is 7. The lowest BCUT2D eigenvalue weighted by Gasteiger charge is -2.37. The number of amides is 2. The Bertz CT molecular complexity index is 1440. The first-order valence-electron chi connectivity index (χ1n) is 12.8. The molecule has 0 saturated carbocycles. The summed E-state index contributed by atoms with van der Waals surface area (Å²) in [5.41, 5.74) is 1.58. The molecule has 2 fully saturated rings. The van der Waals surface area contributed by atoms with E-state index in [1.165, 1.54) is 24.3 Å². The first kappa shape index (κ1) is 27.4. The largest absolute Gasteiger partial charge is 0.378 e. The molecule has 40 heavy (non-hydrogen) atoms. The van der Waals surface area contributed by atoms with Crippen molar-refractivity contribution in [2.45, 2.75) is 0 Å². The molecular weight excluding hydrogens is 541 g/mol. The molecule has 0 radical (unpaired) electrons. The zero-order chi connectivity index (χ0) is 28.2. The van der Waals surface area contributed by atoms with Crippen molar-refractivity contribution < 1.29 is 23.6 Å². The summed E-state index contributed by atoms with van der Waals surface area (Å²) in [6.07, 6.45) is 0. The van der Waals surface area contributed by atoms with Crippen molar-refractivity contribution in [3.05, 3.63) is 92.7 Å². The lowest BCUT2D eigenvalue weighted by atomic mass is 10.1. The van der Waals surface area contributed by atoms with Crippen LogP contribution in [0.1, 0.15) is 20.7 Å². The maximum absolute atomic E-state index is 14.1. The number of nitro benzene ring substituents is 1. The second-order valence-electron chi connectivity index (χ2n) is 9.43. The normalized spacial score (nSPS) is 15.6. The first-order valence-corrected chi connectivity index (χ1v) is 13.2. The number of nitro groups is 1. The maximum atomic E-state index is 14.1. The monoisotopic (exact) mass is 567 g/mol. The van der Waals surface area contributed by atoms with Gasteiger partial charge in [0.15, 0.2) is 0 Å². The highest BCUT2D eigenvalue weighted by molar-refractivity contribution is 6.31. The fraction of sp³-hybridized carbons (Fsp3) is 0.286. The Kier molecular flexibility index (Phi) is 8.13. The summed E-state index contributed by atoms with van der Waals surface area (Å²) in [6.45, 7) is 3.62. The third kappa shape index (κ3) is 5.85. The third-order valence-electron chi connectivity index (χ3n) is 7.00. The van der Waals surface area contributed by atoms with Gasteiger partial charge in [-0.3, -0.25) is 19.7 Å². The van der Waals surface area contributed by atoms with Crippen LogP contribution in [-0.2, 0) is 4.74 Å².